The average Bonchev–Trinajstić information content (AvgIpc) is 2.74. The summed E-state index contributed by atoms with van der Waals surface area (Å²) in [6, 6.07) is 0.753. The third-order valence-electron chi connectivity index (χ3n) is 3.42. The number of nitrogens with one attached hydrogen (secondary N) is 1. The predicted molar refractivity (Wildman–Crippen MR) is 63.8 cm³/mol. The standard InChI is InChI=1S/C11H20N2OS/c12-9-1-3-10(4-2-9)13-11(14)8-5-6-15-7-8/h8-10H,1-7,12H2,(H,13,14). The number of hydrogen-bond acceptors (Lipinski definition) is 3. The van der Waals surface area contributed by atoms with Gasteiger partial charge in [-0.3, -0.25) is 4.79 Å². The van der Waals surface area contributed by atoms with E-state index in [-0.39, 0.29) is 11.8 Å². The fourth-order valence-electron chi connectivity index (χ4n) is 2.32. The molecule has 1 unspecified atom stereocenters. The first-order valence-corrected chi connectivity index (χ1v) is 7.05. The van der Waals surface area contributed by atoms with Crippen molar-refractivity contribution in [3.05, 3.63) is 0 Å². The van der Waals surface area contributed by atoms with Crippen molar-refractivity contribution in [3.8, 4) is 0 Å². The molecule has 0 spiro atoms. The van der Waals surface area contributed by atoms with E-state index in [9.17, 15) is 4.79 Å². The molecule has 4 heteroatoms. The highest BCUT2D eigenvalue weighted by molar-refractivity contribution is 7.99. The van der Waals surface area contributed by atoms with Gasteiger partial charge in [-0.05, 0) is 37.9 Å². The van der Waals surface area contributed by atoms with Gasteiger partial charge in [-0.25, -0.2) is 0 Å². The Bertz CT molecular complexity index is 221. The van der Waals surface area contributed by atoms with E-state index in [0.29, 0.717) is 12.1 Å². The molecule has 0 aromatic carbocycles. The molecule has 86 valence electrons. The summed E-state index contributed by atoms with van der Waals surface area (Å²) in [5, 5.41) is 3.17. The molecule has 1 saturated heterocycles. The molecule has 1 atom stereocenters. The minimum Gasteiger partial charge on any atom is -0.353 e. The molecule has 1 aliphatic carbocycles. The van der Waals surface area contributed by atoms with Crippen LogP contribution in [-0.4, -0.2) is 29.5 Å². The number of amides is 1. The van der Waals surface area contributed by atoms with Crippen LogP contribution in [0.3, 0.4) is 0 Å². The van der Waals surface area contributed by atoms with E-state index < -0.39 is 0 Å². The monoisotopic (exact) mass is 228 g/mol. The Labute approximate surface area is 95.6 Å². The molecule has 3 N–H and O–H groups in total. The molecule has 0 bridgehead atoms. The Hall–Kier alpha value is -0.220. The molecule has 0 aromatic rings. The lowest BCUT2D eigenvalue weighted by Crippen LogP contribution is -2.43. The second kappa shape index (κ2) is 5.21. The number of nitrogens with two attached hydrogens (primary N) is 1. The van der Waals surface area contributed by atoms with Gasteiger partial charge in [0.15, 0.2) is 0 Å². The average molecular weight is 228 g/mol. The molecular weight excluding hydrogens is 208 g/mol. The molecule has 2 rings (SSSR count). The Kier molecular flexibility index (Phi) is 3.92. The highest BCUT2D eigenvalue weighted by Gasteiger charge is 2.26. The van der Waals surface area contributed by atoms with Gasteiger partial charge in [0.05, 0.1) is 0 Å². The Morgan fingerprint density at radius 1 is 1.20 bits per heavy atom. The molecule has 2 aliphatic rings. The predicted octanol–water partition coefficient (Wildman–Crippen LogP) is 1.13. The second-order valence-electron chi connectivity index (χ2n) is 4.68. The molecule has 3 nitrogen and oxygen atoms in total. The minimum absolute atomic E-state index is 0.269. The quantitative estimate of drug-likeness (QED) is 0.745. The third kappa shape index (κ3) is 3.11. The molecule has 15 heavy (non-hydrogen) atoms. The van der Waals surface area contributed by atoms with Crippen molar-refractivity contribution in [2.75, 3.05) is 11.5 Å². The fourth-order valence-corrected chi connectivity index (χ4v) is 3.54. The zero-order valence-electron chi connectivity index (χ0n) is 9.08. The van der Waals surface area contributed by atoms with E-state index >= 15 is 0 Å². The maximum atomic E-state index is 11.8. The first kappa shape index (κ1) is 11.3. The van der Waals surface area contributed by atoms with Crippen LogP contribution in [0.4, 0.5) is 0 Å². The van der Waals surface area contributed by atoms with Gasteiger partial charge in [-0.2, -0.15) is 11.8 Å². The van der Waals surface area contributed by atoms with Crippen LogP contribution < -0.4 is 11.1 Å². The summed E-state index contributed by atoms with van der Waals surface area (Å²) in [5.41, 5.74) is 5.83. The number of rotatable bonds is 2. The van der Waals surface area contributed by atoms with Gasteiger partial charge in [-0.15, -0.1) is 0 Å². The maximum absolute atomic E-state index is 11.8. The van der Waals surface area contributed by atoms with Crippen molar-refractivity contribution in [2.24, 2.45) is 11.7 Å². The number of hydrogen-bond donors (Lipinski definition) is 2. The smallest absolute Gasteiger partial charge is 0.224 e. The Morgan fingerprint density at radius 2 is 1.93 bits per heavy atom. The molecule has 0 radical (unpaired) electrons. The van der Waals surface area contributed by atoms with E-state index in [0.717, 1.165) is 43.6 Å². The van der Waals surface area contributed by atoms with Crippen LogP contribution in [-0.2, 0) is 4.79 Å². The molecule has 1 aliphatic heterocycles. The SMILES string of the molecule is NC1CCC(NC(=O)C2CCSC2)CC1. The normalized spacial score (nSPS) is 36.5. The van der Waals surface area contributed by atoms with Crippen molar-refractivity contribution in [1.29, 1.82) is 0 Å². The van der Waals surface area contributed by atoms with Crippen LogP contribution in [0.15, 0.2) is 0 Å². The third-order valence-corrected chi connectivity index (χ3v) is 4.58. The van der Waals surface area contributed by atoms with Crippen molar-refractivity contribution in [3.63, 3.8) is 0 Å². The van der Waals surface area contributed by atoms with Gasteiger partial charge in [0, 0.05) is 23.8 Å². The van der Waals surface area contributed by atoms with E-state index in [4.69, 9.17) is 5.73 Å². The lowest BCUT2D eigenvalue weighted by molar-refractivity contribution is -0.125. The van der Waals surface area contributed by atoms with Gasteiger partial charge in [-0.1, -0.05) is 0 Å². The van der Waals surface area contributed by atoms with Crippen molar-refractivity contribution in [2.45, 2.75) is 44.2 Å². The number of thioether (sulfide) groups is 1. The largest absolute Gasteiger partial charge is 0.353 e. The summed E-state index contributed by atoms with van der Waals surface area (Å²) < 4.78 is 0. The lowest BCUT2D eigenvalue weighted by Gasteiger charge is -2.27. The first-order valence-electron chi connectivity index (χ1n) is 5.89. The summed E-state index contributed by atoms with van der Waals surface area (Å²) in [6.07, 6.45) is 5.30. The van der Waals surface area contributed by atoms with Crippen LogP contribution >= 0.6 is 11.8 Å². The zero-order valence-corrected chi connectivity index (χ0v) is 9.89. The molecule has 0 aromatic heterocycles. The van der Waals surface area contributed by atoms with Crippen molar-refractivity contribution >= 4 is 17.7 Å². The van der Waals surface area contributed by atoms with E-state index in [2.05, 4.69) is 5.32 Å². The first-order chi connectivity index (χ1) is 7.25. The van der Waals surface area contributed by atoms with Crippen LogP contribution in [0.5, 0.6) is 0 Å². The lowest BCUT2D eigenvalue weighted by atomic mass is 9.91. The minimum atomic E-state index is 0.269. The van der Waals surface area contributed by atoms with Gasteiger partial charge < -0.3 is 11.1 Å². The fraction of sp³-hybridized carbons (Fsp3) is 0.909. The molecule has 1 saturated carbocycles. The molecular formula is C11H20N2OS. The van der Waals surface area contributed by atoms with Gasteiger partial charge in [0.2, 0.25) is 5.91 Å². The highest BCUT2D eigenvalue weighted by Crippen LogP contribution is 2.24. The van der Waals surface area contributed by atoms with Crippen molar-refractivity contribution in [1.82, 2.24) is 5.32 Å². The summed E-state index contributed by atoms with van der Waals surface area (Å²) >= 11 is 1.89. The summed E-state index contributed by atoms with van der Waals surface area (Å²) in [6.45, 7) is 0. The maximum Gasteiger partial charge on any atom is 0.224 e. The Balaban J connectivity index is 1.74. The van der Waals surface area contributed by atoms with E-state index in [1.165, 1.54) is 0 Å². The van der Waals surface area contributed by atoms with Gasteiger partial charge in [0.25, 0.3) is 0 Å². The van der Waals surface area contributed by atoms with Crippen LogP contribution in [0.2, 0.25) is 0 Å². The van der Waals surface area contributed by atoms with Gasteiger partial charge >= 0.3 is 0 Å². The van der Waals surface area contributed by atoms with Crippen molar-refractivity contribution < 1.29 is 4.79 Å². The summed E-state index contributed by atoms with van der Waals surface area (Å²) in [5.74, 6) is 2.71. The summed E-state index contributed by atoms with van der Waals surface area (Å²) in [4.78, 5) is 11.8. The zero-order chi connectivity index (χ0) is 10.7. The number of carbonyl (C=O) groups excluding carboxylic acids is 1. The van der Waals surface area contributed by atoms with E-state index in [1.54, 1.807) is 0 Å². The molecule has 2 fully saturated rings. The highest BCUT2D eigenvalue weighted by atomic mass is 32.2. The second-order valence-corrected chi connectivity index (χ2v) is 5.83. The Morgan fingerprint density at radius 3 is 2.53 bits per heavy atom. The summed E-state index contributed by atoms with van der Waals surface area (Å²) in [7, 11) is 0. The topological polar surface area (TPSA) is 55.1 Å². The van der Waals surface area contributed by atoms with Gasteiger partial charge in [0.1, 0.15) is 0 Å². The van der Waals surface area contributed by atoms with E-state index in [1.807, 2.05) is 11.8 Å². The number of carbonyl (C=O) groups is 1. The van der Waals surface area contributed by atoms with Crippen LogP contribution in [0, 0.1) is 5.92 Å². The van der Waals surface area contributed by atoms with Crippen LogP contribution in [0.25, 0.3) is 0 Å². The molecule has 1 heterocycles. The van der Waals surface area contributed by atoms with Crippen LogP contribution in [0.1, 0.15) is 32.1 Å². The molecule has 1 amide bonds.